The predicted octanol–water partition coefficient (Wildman–Crippen LogP) is 5.56. The molecule has 2 heterocycles. The number of benzene rings is 2. The maximum Gasteiger partial charge on any atom is 0.204 e. The molecule has 1 saturated heterocycles. The topological polar surface area (TPSA) is 26.0 Å². The van der Waals surface area contributed by atoms with Gasteiger partial charge in [0, 0.05) is 23.8 Å². The third-order valence-electron chi connectivity index (χ3n) is 5.22. The van der Waals surface area contributed by atoms with Crippen molar-refractivity contribution >= 4 is 23.8 Å². The molecule has 140 valence electrons. The summed E-state index contributed by atoms with van der Waals surface area (Å²) in [5.74, 6) is 0.779. The Bertz CT molecular complexity index is 979. The molecule has 27 heavy (non-hydrogen) atoms. The van der Waals surface area contributed by atoms with Crippen molar-refractivity contribution in [1.82, 2.24) is 19.2 Å². The number of halogens is 1. The monoisotopic (exact) mass is 398 g/mol. The fourth-order valence-electron chi connectivity index (χ4n) is 3.67. The van der Waals surface area contributed by atoms with Gasteiger partial charge in [-0.3, -0.25) is 9.47 Å². The van der Waals surface area contributed by atoms with E-state index in [2.05, 4.69) is 11.8 Å². The van der Waals surface area contributed by atoms with Crippen molar-refractivity contribution in [2.45, 2.75) is 38.9 Å². The number of likely N-dealkylation sites (tertiary alicyclic amines) is 1. The Morgan fingerprint density at radius 2 is 1.81 bits per heavy atom. The van der Waals surface area contributed by atoms with Crippen LogP contribution in [0.1, 0.15) is 26.2 Å². The minimum Gasteiger partial charge on any atom is -0.282 e. The molecule has 1 atom stereocenters. The number of aromatic nitrogens is 3. The van der Waals surface area contributed by atoms with Crippen molar-refractivity contribution in [2.24, 2.45) is 0 Å². The van der Waals surface area contributed by atoms with Crippen molar-refractivity contribution in [3.05, 3.63) is 64.4 Å². The zero-order valence-corrected chi connectivity index (χ0v) is 17.0. The predicted molar refractivity (Wildman–Crippen MR) is 113 cm³/mol. The van der Waals surface area contributed by atoms with Crippen LogP contribution in [0.15, 0.2) is 54.6 Å². The second kappa shape index (κ2) is 7.97. The molecular formula is C21H23ClN4S. The number of hydrogen-bond donors (Lipinski definition) is 0. The van der Waals surface area contributed by atoms with E-state index in [-0.39, 0.29) is 0 Å². The normalized spacial score (nSPS) is 17.9. The van der Waals surface area contributed by atoms with Gasteiger partial charge < -0.3 is 0 Å². The van der Waals surface area contributed by atoms with Crippen molar-refractivity contribution in [2.75, 3.05) is 6.54 Å². The zero-order chi connectivity index (χ0) is 18.8. The number of rotatable bonds is 4. The summed E-state index contributed by atoms with van der Waals surface area (Å²) in [6.07, 6.45) is 3.75. The molecule has 0 spiro atoms. The van der Waals surface area contributed by atoms with Crippen LogP contribution in [-0.4, -0.2) is 31.8 Å². The summed E-state index contributed by atoms with van der Waals surface area (Å²) in [5.41, 5.74) is 1.88. The minimum atomic E-state index is 0.547. The molecule has 6 heteroatoms. The number of para-hydroxylation sites is 1. The SMILES string of the molecule is C[C@H]1CCCCN1Cn1nc(-c2ccccc2Cl)n(-c2ccccc2)c1=S. The van der Waals surface area contributed by atoms with Gasteiger partial charge in [0.15, 0.2) is 5.82 Å². The molecule has 0 unspecified atom stereocenters. The molecule has 0 saturated carbocycles. The van der Waals surface area contributed by atoms with E-state index in [4.69, 9.17) is 28.9 Å². The molecule has 1 aromatic heterocycles. The molecule has 0 aliphatic carbocycles. The highest BCUT2D eigenvalue weighted by Crippen LogP contribution is 2.29. The summed E-state index contributed by atoms with van der Waals surface area (Å²) in [6.45, 7) is 4.08. The first-order chi connectivity index (χ1) is 13.1. The van der Waals surface area contributed by atoms with Crippen LogP contribution in [0.2, 0.25) is 5.02 Å². The van der Waals surface area contributed by atoms with Gasteiger partial charge in [-0.25, -0.2) is 4.68 Å². The number of piperidine rings is 1. The summed E-state index contributed by atoms with van der Waals surface area (Å²) >= 11 is 12.3. The van der Waals surface area contributed by atoms with Crippen LogP contribution >= 0.6 is 23.8 Å². The average Bonchev–Trinajstić information content (AvgIpc) is 3.01. The largest absolute Gasteiger partial charge is 0.282 e. The smallest absolute Gasteiger partial charge is 0.204 e. The molecule has 1 aliphatic heterocycles. The van der Waals surface area contributed by atoms with Crippen LogP contribution in [0.4, 0.5) is 0 Å². The van der Waals surface area contributed by atoms with E-state index >= 15 is 0 Å². The molecule has 1 aliphatic rings. The lowest BCUT2D eigenvalue weighted by Gasteiger charge is -2.32. The molecular weight excluding hydrogens is 376 g/mol. The van der Waals surface area contributed by atoms with Crippen LogP contribution in [0.3, 0.4) is 0 Å². The highest BCUT2D eigenvalue weighted by molar-refractivity contribution is 7.71. The second-order valence-corrected chi connectivity index (χ2v) is 7.83. The molecule has 1 fully saturated rings. The highest BCUT2D eigenvalue weighted by atomic mass is 35.5. The molecule has 4 nitrogen and oxygen atoms in total. The Kier molecular flexibility index (Phi) is 5.43. The van der Waals surface area contributed by atoms with Crippen LogP contribution < -0.4 is 0 Å². The van der Waals surface area contributed by atoms with Crippen LogP contribution in [0, 0.1) is 4.77 Å². The maximum atomic E-state index is 6.49. The quantitative estimate of drug-likeness (QED) is 0.538. The molecule has 0 N–H and O–H groups in total. The van der Waals surface area contributed by atoms with Crippen LogP contribution in [0.25, 0.3) is 17.1 Å². The Morgan fingerprint density at radius 3 is 2.56 bits per heavy atom. The van der Waals surface area contributed by atoms with E-state index in [1.54, 1.807) is 0 Å². The molecule has 0 amide bonds. The molecule has 2 aromatic carbocycles. The van der Waals surface area contributed by atoms with Gasteiger partial charge in [-0.1, -0.05) is 48.4 Å². The van der Waals surface area contributed by atoms with Crippen molar-refractivity contribution in [1.29, 1.82) is 0 Å². The molecule has 0 radical (unpaired) electrons. The van der Waals surface area contributed by atoms with Gasteiger partial charge in [0.05, 0.1) is 11.7 Å². The highest BCUT2D eigenvalue weighted by Gasteiger charge is 2.22. The molecule has 0 bridgehead atoms. The Hall–Kier alpha value is -1.95. The van der Waals surface area contributed by atoms with Crippen molar-refractivity contribution < 1.29 is 0 Å². The van der Waals surface area contributed by atoms with E-state index in [1.165, 1.54) is 19.3 Å². The maximum absolute atomic E-state index is 6.49. The lowest BCUT2D eigenvalue weighted by Crippen LogP contribution is -2.38. The Balaban J connectivity index is 1.82. The van der Waals surface area contributed by atoms with Gasteiger partial charge in [-0.05, 0) is 56.2 Å². The number of hydrogen-bond acceptors (Lipinski definition) is 3. The molecule has 4 rings (SSSR count). The van der Waals surface area contributed by atoms with Gasteiger partial charge >= 0.3 is 0 Å². The lowest BCUT2D eigenvalue weighted by molar-refractivity contribution is 0.114. The van der Waals surface area contributed by atoms with Gasteiger partial charge in [0.25, 0.3) is 0 Å². The third-order valence-corrected chi connectivity index (χ3v) is 5.95. The Morgan fingerprint density at radius 1 is 1.07 bits per heavy atom. The first-order valence-electron chi connectivity index (χ1n) is 9.39. The fraction of sp³-hybridized carbons (Fsp3) is 0.333. The van der Waals surface area contributed by atoms with E-state index in [1.807, 2.05) is 63.8 Å². The summed E-state index contributed by atoms with van der Waals surface area (Å²) < 4.78 is 4.64. The van der Waals surface area contributed by atoms with Gasteiger partial charge in [-0.15, -0.1) is 5.10 Å². The average molecular weight is 399 g/mol. The zero-order valence-electron chi connectivity index (χ0n) is 15.4. The summed E-state index contributed by atoms with van der Waals surface area (Å²) in [4.78, 5) is 2.46. The summed E-state index contributed by atoms with van der Waals surface area (Å²) in [6, 6.07) is 18.5. The van der Waals surface area contributed by atoms with Gasteiger partial charge in [-0.2, -0.15) is 0 Å². The first kappa shape index (κ1) is 18.4. The second-order valence-electron chi connectivity index (χ2n) is 7.06. The first-order valence-corrected chi connectivity index (χ1v) is 10.2. The van der Waals surface area contributed by atoms with E-state index in [9.17, 15) is 0 Å². The van der Waals surface area contributed by atoms with Crippen LogP contribution in [0.5, 0.6) is 0 Å². The van der Waals surface area contributed by atoms with E-state index < -0.39 is 0 Å². The molecule has 3 aromatic rings. The Labute approximate surface area is 170 Å². The summed E-state index contributed by atoms with van der Waals surface area (Å²) in [5, 5.41) is 5.57. The number of nitrogens with zero attached hydrogens (tertiary/aromatic N) is 4. The van der Waals surface area contributed by atoms with E-state index in [0.29, 0.717) is 22.5 Å². The van der Waals surface area contributed by atoms with Crippen LogP contribution in [-0.2, 0) is 6.67 Å². The summed E-state index contributed by atoms with van der Waals surface area (Å²) in [7, 11) is 0. The van der Waals surface area contributed by atoms with Gasteiger partial charge in [0.1, 0.15) is 0 Å². The lowest BCUT2D eigenvalue weighted by atomic mass is 10.0. The van der Waals surface area contributed by atoms with Gasteiger partial charge in [0.2, 0.25) is 4.77 Å². The van der Waals surface area contributed by atoms with Crippen molar-refractivity contribution in [3.63, 3.8) is 0 Å². The third kappa shape index (κ3) is 3.72. The minimum absolute atomic E-state index is 0.547. The van der Waals surface area contributed by atoms with E-state index in [0.717, 1.165) is 23.6 Å². The van der Waals surface area contributed by atoms with Crippen molar-refractivity contribution in [3.8, 4) is 17.1 Å². The standard InChI is InChI=1S/C21H23ClN4S/c1-16-9-7-8-14-24(16)15-25-21(27)26(17-10-3-2-4-11-17)20(23-25)18-12-5-6-13-19(18)22/h2-6,10-13,16H,7-9,14-15H2,1H3/t16-/m0/s1. The fourth-order valence-corrected chi connectivity index (χ4v) is 4.18.